The molecule has 0 saturated carbocycles. The molecule has 3 aromatic carbocycles. The van der Waals surface area contributed by atoms with Gasteiger partial charge < -0.3 is 11.1 Å². The summed E-state index contributed by atoms with van der Waals surface area (Å²) in [4.78, 5) is 5.48. The molecule has 7 nitrogen and oxygen atoms in total. The molecule has 0 aliphatic carbocycles. The molecule has 0 amide bonds. The Morgan fingerprint density at radius 3 is 2.29 bits per heavy atom. The minimum absolute atomic E-state index is 0.0524. The summed E-state index contributed by atoms with van der Waals surface area (Å²) in [5.41, 5.74) is 10.6. The predicted octanol–water partition coefficient (Wildman–Crippen LogP) is 4.86. The Labute approximate surface area is 206 Å². The number of nitrogen functional groups attached to an aromatic ring is 1. The Kier molecular flexibility index (Phi) is 6.32. The number of nitrogens with two attached hydrogens (primary N) is 2. The molecule has 10 heteroatoms. The molecule has 5 rings (SSSR count). The van der Waals surface area contributed by atoms with Crippen molar-refractivity contribution in [3.63, 3.8) is 0 Å². The normalized spacial score (nSPS) is 18.1. The summed E-state index contributed by atoms with van der Waals surface area (Å²) >= 11 is 3.29. The highest BCUT2D eigenvalue weighted by molar-refractivity contribution is 7.99. The number of thiazole rings is 1. The molecule has 0 radical (unpaired) electrons. The molecule has 4 aromatic rings. The van der Waals surface area contributed by atoms with Crippen molar-refractivity contribution in [2.75, 3.05) is 16.8 Å². The summed E-state index contributed by atoms with van der Waals surface area (Å²) in [7, 11) is -3.72. The standard InChI is InChI=1S/C24H23N5O2S3/c25-22-21(33-24(29-22)27-18-10-12-19(13-11-18)34(26,30)31)23-28-20(14-32-23)17-8-6-16(7-9-17)15-4-2-1-3-5-15/h1-13,20,23,28H,14,25H2,(H,27,29)(H2,26,30,31). The van der Waals surface area contributed by atoms with E-state index in [0.29, 0.717) is 16.6 Å². The van der Waals surface area contributed by atoms with Gasteiger partial charge in [-0.2, -0.15) is 0 Å². The van der Waals surface area contributed by atoms with Gasteiger partial charge in [0.2, 0.25) is 10.0 Å². The van der Waals surface area contributed by atoms with Crippen molar-refractivity contribution >= 4 is 49.8 Å². The molecule has 34 heavy (non-hydrogen) atoms. The third kappa shape index (κ3) is 4.96. The van der Waals surface area contributed by atoms with Crippen molar-refractivity contribution < 1.29 is 8.42 Å². The number of hydrogen-bond donors (Lipinski definition) is 4. The van der Waals surface area contributed by atoms with E-state index >= 15 is 0 Å². The van der Waals surface area contributed by atoms with Gasteiger partial charge in [-0.25, -0.2) is 18.5 Å². The van der Waals surface area contributed by atoms with Crippen LogP contribution in [0.1, 0.15) is 21.9 Å². The highest BCUT2D eigenvalue weighted by Gasteiger charge is 2.30. The average molecular weight is 510 g/mol. The maximum Gasteiger partial charge on any atom is 0.238 e. The second kappa shape index (κ2) is 9.40. The zero-order valence-electron chi connectivity index (χ0n) is 18.0. The first-order valence-electron chi connectivity index (χ1n) is 10.6. The first kappa shape index (κ1) is 22.9. The van der Waals surface area contributed by atoms with Crippen LogP contribution in [0.15, 0.2) is 83.8 Å². The Balaban J connectivity index is 1.26. The number of aromatic nitrogens is 1. The lowest BCUT2D eigenvalue weighted by molar-refractivity contribution is 0.598. The lowest BCUT2D eigenvalue weighted by Crippen LogP contribution is -2.18. The lowest BCUT2D eigenvalue weighted by atomic mass is 10.0. The first-order chi connectivity index (χ1) is 16.4. The molecule has 2 heterocycles. The van der Waals surface area contributed by atoms with Crippen LogP contribution in [0.25, 0.3) is 11.1 Å². The van der Waals surface area contributed by atoms with Crippen LogP contribution in [0.3, 0.4) is 0 Å². The van der Waals surface area contributed by atoms with Crippen LogP contribution in [0.5, 0.6) is 0 Å². The van der Waals surface area contributed by atoms with E-state index in [1.54, 1.807) is 12.1 Å². The van der Waals surface area contributed by atoms with Crippen LogP contribution in [0.4, 0.5) is 16.6 Å². The highest BCUT2D eigenvalue weighted by atomic mass is 32.2. The van der Waals surface area contributed by atoms with Gasteiger partial charge in [0, 0.05) is 17.5 Å². The van der Waals surface area contributed by atoms with Crippen LogP contribution >= 0.6 is 23.1 Å². The Bertz CT molecular complexity index is 1390. The first-order valence-corrected chi connectivity index (χ1v) is 14.0. The molecule has 6 N–H and O–H groups in total. The number of primary sulfonamides is 1. The molecule has 1 saturated heterocycles. The number of nitrogens with zero attached hydrogens (tertiary/aromatic N) is 1. The summed E-state index contributed by atoms with van der Waals surface area (Å²) in [6.07, 6.45) is 0. The Morgan fingerprint density at radius 2 is 1.62 bits per heavy atom. The quantitative estimate of drug-likeness (QED) is 0.293. The number of sulfonamides is 1. The number of nitrogens with one attached hydrogen (secondary N) is 2. The predicted molar refractivity (Wildman–Crippen MR) is 141 cm³/mol. The van der Waals surface area contributed by atoms with Crippen LogP contribution < -0.4 is 21.5 Å². The van der Waals surface area contributed by atoms with Gasteiger partial charge in [-0.15, -0.1) is 11.8 Å². The topological polar surface area (TPSA) is 123 Å². The molecule has 174 valence electrons. The third-order valence-corrected chi connectivity index (χ3v) is 8.92. The van der Waals surface area contributed by atoms with Gasteiger partial charge in [-0.3, -0.25) is 5.32 Å². The lowest BCUT2D eigenvalue weighted by Gasteiger charge is -2.13. The number of rotatable bonds is 6. The van der Waals surface area contributed by atoms with E-state index in [9.17, 15) is 8.42 Å². The van der Waals surface area contributed by atoms with Gasteiger partial charge in [-0.05, 0) is 41.0 Å². The molecule has 1 aliphatic heterocycles. The van der Waals surface area contributed by atoms with Gasteiger partial charge >= 0.3 is 0 Å². The molecule has 0 spiro atoms. The molecular weight excluding hydrogens is 486 g/mol. The fourth-order valence-electron chi connectivity index (χ4n) is 3.79. The van der Waals surface area contributed by atoms with E-state index in [1.165, 1.54) is 40.2 Å². The number of anilines is 3. The number of hydrogen-bond acceptors (Lipinski definition) is 8. The van der Waals surface area contributed by atoms with Gasteiger partial charge in [0.05, 0.1) is 15.1 Å². The second-order valence-electron chi connectivity index (χ2n) is 7.88. The summed E-state index contributed by atoms with van der Waals surface area (Å²) in [6, 6.07) is 25.5. The molecule has 1 aliphatic rings. The average Bonchev–Trinajstić information content (AvgIpc) is 3.46. The van der Waals surface area contributed by atoms with Crippen molar-refractivity contribution in [2.24, 2.45) is 5.14 Å². The molecule has 2 unspecified atom stereocenters. The molecule has 1 fully saturated rings. The van der Waals surface area contributed by atoms with E-state index in [1.807, 2.05) is 30.0 Å². The third-order valence-electron chi connectivity index (χ3n) is 5.56. The van der Waals surface area contributed by atoms with E-state index in [4.69, 9.17) is 10.9 Å². The molecule has 1 aromatic heterocycles. The Hall–Kier alpha value is -2.89. The summed E-state index contributed by atoms with van der Waals surface area (Å²) in [5.74, 6) is 1.42. The highest BCUT2D eigenvalue weighted by Crippen LogP contribution is 2.44. The van der Waals surface area contributed by atoms with Gasteiger partial charge in [0.15, 0.2) is 5.13 Å². The summed E-state index contributed by atoms with van der Waals surface area (Å²) in [5, 5.41) is 12.7. The maximum absolute atomic E-state index is 11.4. The fraction of sp³-hybridized carbons (Fsp3) is 0.125. The molecular formula is C24H23N5O2S3. The SMILES string of the molecule is Nc1nc(Nc2ccc(S(N)(=O)=O)cc2)sc1C1NC(c2ccc(-c3ccccc3)cc2)CS1. The zero-order chi connectivity index (χ0) is 23.7. The molecule has 2 atom stereocenters. The van der Waals surface area contributed by atoms with Crippen LogP contribution in [0, 0.1) is 0 Å². The Morgan fingerprint density at radius 1 is 0.941 bits per heavy atom. The van der Waals surface area contributed by atoms with Crippen molar-refractivity contribution in [1.82, 2.24) is 10.3 Å². The fourth-order valence-corrected chi connectivity index (χ4v) is 6.71. The largest absolute Gasteiger partial charge is 0.383 e. The van der Waals surface area contributed by atoms with Crippen molar-refractivity contribution in [3.8, 4) is 11.1 Å². The number of benzene rings is 3. The van der Waals surface area contributed by atoms with Crippen LogP contribution in [0.2, 0.25) is 0 Å². The second-order valence-corrected chi connectivity index (χ2v) is 11.6. The van der Waals surface area contributed by atoms with Gasteiger partial charge in [-0.1, -0.05) is 65.9 Å². The van der Waals surface area contributed by atoms with Crippen molar-refractivity contribution in [1.29, 1.82) is 0 Å². The van der Waals surface area contributed by atoms with E-state index in [0.717, 1.165) is 10.6 Å². The van der Waals surface area contributed by atoms with E-state index in [2.05, 4.69) is 52.0 Å². The van der Waals surface area contributed by atoms with Crippen molar-refractivity contribution in [2.45, 2.75) is 16.3 Å². The van der Waals surface area contributed by atoms with Gasteiger partial charge in [0.1, 0.15) is 5.82 Å². The maximum atomic E-state index is 11.4. The van der Waals surface area contributed by atoms with Crippen molar-refractivity contribution in [3.05, 3.63) is 89.3 Å². The minimum atomic E-state index is -3.72. The monoisotopic (exact) mass is 509 g/mol. The van der Waals surface area contributed by atoms with E-state index in [-0.39, 0.29) is 16.3 Å². The van der Waals surface area contributed by atoms with Crippen LogP contribution in [-0.2, 0) is 10.0 Å². The smallest absolute Gasteiger partial charge is 0.238 e. The molecule has 0 bridgehead atoms. The number of thioether (sulfide) groups is 1. The summed E-state index contributed by atoms with van der Waals surface area (Å²) < 4.78 is 22.9. The van der Waals surface area contributed by atoms with E-state index < -0.39 is 10.0 Å². The van der Waals surface area contributed by atoms with Gasteiger partial charge in [0.25, 0.3) is 0 Å². The minimum Gasteiger partial charge on any atom is -0.383 e. The summed E-state index contributed by atoms with van der Waals surface area (Å²) in [6.45, 7) is 0. The zero-order valence-corrected chi connectivity index (χ0v) is 20.5. The van der Waals surface area contributed by atoms with Crippen LogP contribution in [-0.4, -0.2) is 19.2 Å².